The van der Waals surface area contributed by atoms with Crippen LogP contribution in [0.3, 0.4) is 0 Å². The van der Waals surface area contributed by atoms with Gasteiger partial charge in [0.25, 0.3) is 11.8 Å². The fourth-order valence-corrected chi connectivity index (χ4v) is 1.69. The van der Waals surface area contributed by atoms with Gasteiger partial charge in [-0.05, 0) is 12.2 Å². The molecule has 0 aromatic carbocycles. The number of imide groups is 2. The molecule has 0 aliphatic carbocycles. The van der Waals surface area contributed by atoms with Crippen LogP contribution >= 0.6 is 0 Å². The smallest absolute Gasteiger partial charge is 0.589 e. The van der Waals surface area contributed by atoms with Gasteiger partial charge in [0.2, 0.25) is 0 Å². The molecule has 5 amide bonds. The second-order valence-electron chi connectivity index (χ2n) is 4.92. The Morgan fingerprint density at radius 3 is 2.14 bits per heavy atom. The Bertz CT molecular complexity index is 601. The molecule has 2 rings (SSSR count). The molecular formula is C16H19N3O8W. The standard InChI is InChI=1S/C12H17N2O6.C4H3NO2.W/c15-6-9-19-7-1-8-20-12(18)13-4-5-14-10(16)2-3-11(14)17;6-3-1-2-4(7)5-3;/h2-4,15H,1,5-9H2,(H,13,18);1-2H,(H,5,6,7);/q-1;;+2/p-1. The number of hydrogen-bond donors (Lipinski definition) is 2. The van der Waals surface area contributed by atoms with Crippen LogP contribution < -0.4 is 5.32 Å². The number of nitrogens with zero attached hydrogens (tertiary/aromatic N) is 2. The number of alkyl carbamates (subject to hydrolysis) is 1. The van der Waals surface area contributed by atoms with Crippen LogP contribution in [-0.2, 0) is 49.7 Å². The first-order chi connectivity index (χ1) is 12.9. The van der Waals surface area contributed by atoms with E-state index < -0.39 is 29.7 Å². The first kappa shape index (κ1) is 25.6. The number of aliphatic hydroxyl groups excluding tert-OH is 1. The van der Waals surface area contributed by atoms with Crippen LogP contribution in [0, 0.1) is 6.54 Å². The Morgan fingerprint density at radius 2 is 1.64 bits per heavy atom. The Labute approximate surface area is 175 Å². The SMILES string of the molecule is O=C(N[CH-]CN1C(=O)C=CC1=O)OCCCOCCO.O=C1C=CC(=O)[N-]1.[W+2]. The van der Waals surface area contributed by atoms with Crippen LogP contribution in [0.5, 0.6) is 0 Å². The van der Waals surface area contributed by atoms with Gasteiger partial charge in [-0.1, -0.05) is 6.54 Å². The van der Waals surface area contributed by atoms with Crippen molar-refractivity contribution in [2.45, 2.75) is 6.42 Å². The molecular weight excluding hydrogens is 546 g/mol. The third kappa shape index (κ3) is 10.7. The summed E-state index contributed by atoms with van der Waals surface area (Å²) in [5, 5.41) is 13.8. The number of aliphatic hydroxyl groups is 1. The van der Waals surface area contributed by atoms with Gasteiger partial charge in [0.1, 0.15) is 0 Å². The van der Waals surface area contributed by atoms with E-state index in [1.165, 1.54) is 18.7 Å². The summed E-state index contributed by atoms with van der Waals surface area (Å²) in [5.41, 5.74) is 0. The van der Waals surface area contributed by atoms with Crippen LogP contribution in [0.15, 0.2) is 24.3 Å². The molecule has 11 nitrogen and oxygen atoms in total. The molecule has 28 heavy (non-hydrogen) atoms. The van der Waals surface area contributed by atoms with E-state index in [9.17, 15) is 24.0 Å². The predicted octanol–water partition coefficient (Wildman–Crippen LogP) is -0.821. The summed E-state index contributed by atoms with van der Waals surface area (Å²) in [4.78, 5) is 54.5. The zero-order valence-corrected chi connectivity index (χ0v) is 17.7. The minimum Gasteiger partial charge on any atom is -0.589 e. The number of rotatable bonds is 9. The van der Waals surface area contributed by atoms with Gasteiger partial charge in [-0.25, -0.2) is 11.3 Å². The van der Waals surface area contributed by atoms with Crippen LogP contribution in [-0.4, -0.2) is 72.7 Å². The Kier molecular flexibility index (Phi) is 13.4. The first-order valence-electron chi connectivity index (χ1n) is 7.89. The molecule has 0 aromatic rings. The zero-order chi connectivity index (χ0) is 20.1. The van der Waals surface area contributed by atoms with Gasteiger partial charge in [0, 0.05) is 25.2 Å². The van der Waals surface area contributed by atoms with Crippen molar-refractivity contribution in [3.8, 4) is 0 Å². The summed E-state index contributed by atoms with van der Waals surface area (Å²) < 4.78 is 9.79. The third-order valence-corrected chi connectivity index (χ3v) is 2.88. The summed E-state index contributed by atoms with van der Waals surface area (Å²) in [5.74, 6) is -1.74. The summed E-state index contributed by atoms with van der Waals surface area (Å²) in [6, 6.07) is 0. The van der Waals surface area contributed by atoms with Crippen LogP contribution in [0.4, 0.5) is 4.79 Å². The molecule has 12 heteroatoms. The van der Waals surface area contributed by atoms with Gasteiger partial charge in [-0.3, -0.25) is 9.59 Å². The van der Waals surface area contributed by atoms with E-state index in [1.807, 2.05) is 0 Å². The summed E-state index contributed by atoms with van der Waals surface area (Å²) >= 11 is 0. The molecule has 2 heterocycles. The van der Waals surface area contributed by atoms with E-state index in [1.54, 1.807) is 0 Å². The van der Waals surface area contributed by atoms with Crippen molar-refractivity contribution in [2.75, 3.05) is 33.0 Å². The molecule has 0 aromatic heterocycles. The minimum absolute atomic E-state index is 0. The van der Waals surface area contributed by atoms with Crippen LogP contribution in [0.1, 0.15) is 6.42 Å². The monoisotopic (exact) mass is 565 g/mol. The fourth-order valence-electron chi connectivity index (χ4n) is 1.69. The molecule has 0 radical (unpaired) electrons. The second-order valence-corrected chi connectivity index (χ2v) is 4.92. The quantitative estimate of drug-likeness (QED) is 0.209. The molecule has 0 atom stereocenters. The molecule has 2 aliphatic heterocycles. The van der Waals surface area contributed by atoms with E-state index in [0.717, 1.165) is 17.1 Å². The first-order valence-corrected chi connectivity index (χ1v) is 7.89. The molecule has 0 spiro atoms. The summed E-state index contributed by atoms with van der Waals surface area (Å²) in [6.07, 6.45) is 4.46. The van der Waals surface area contributed by atoms with Crippen molar-refractivity contribution in [1.29, 1.82) is 0 Å². The van der Waals surface area contributed by atoms with E-state index in [0.29, 0.717) is 13.0 Å². The van der Waals surface area contributed by atoms with Gasteiger partial charge >= 0.3 is 27.2 Å². The summed E-state index contributed by atoms with van der Waals surface area (Å²) in [6.45, 7) is 2.03. The maximum Gasteiger partial charge on any atom is 2.00 e. The van der Waals surface area contributed by atoms with Gasteiger partial charge < -0.3 is 39.7 Å². The Morgan fingerprint density at radius 1 is 1.04 bits per heavy atom. The van der Waals surface area contributed by atoms with Crippen molar-refractivity contribution >= 4 is 29.7 Å². The average molecular weight is 565 g/mol. The van der Waals surface area contributed by atoms with E-state index in [2.05, 4.69) is 10.6 Å². The number of nitrogens with one attached hydrogen (secondary N) is 1. The van der Waals surface area contributed by atoms with Crippen molar-refractivity contribution in [3.63, 3.8) is 0 Å². The fraction of sp³-hybridized carbons (Fsp3) is 0.375. The second kappa shape index (κ2) is 14.7. The van der Waals surface area contributed by atoms with Crippen molar-refractivity contribution in [1.82, 2.24) is 10.2 Å². The maximum atomic E-state index is 11.2. The van der Waals surface area contributed by atoms with Crippen LogP contribution in [0.25, 0.3) is 5.32 Å². The molecule has 0 unspecified atom stereocenters. The summed E-state index contributed by atoms with van der Waals surface area (Å²) in [7, 11) is 0. The Balaban J connectivity index is 0.000000765. The van der Waals surface area contributed by atoms with Crippen LogP contribution in [0.2, 0.25) is 0 Å². The molecule has 0 fully saturated rings. The number of carbonyl (C=O) groups excluding carboxylic acids is 5. The molecule has 2 aliphatic rings. The molecule has 0 saturated heterocycles. The Hall–Kier alpha value is -2.36. The zero-order valence-electron chi connectivity index (χ0n) is 14.7. The predicted molar refractivity (Wildman–Crippen MR) is 89.7 cm³/mol. The van der Waals surface area contributed by atoms with Crippen molar-refractivity contribution in [2.24, 2.45) is 0 Å². The largest absolute Gasteiger partial charge is 2.00 e. The third-order valence-electron chi connectivity index (χ3n) is 2.88. The molecule has 0 saturated carbocycles. The van der Waals surface area contributed by atoms with Gasteiger partial charge in [0.05, 0.1) is 31.6 Å². The minimum atomic E-state index is -0.667. The normalized spacial score (nSPS) is 14.4. The van der Waals surface area contributed by atoms with Gasteiger partial charge in [0.15, 0.2) is 0 Å². The van der Waals surface area contributed by atoms with Crippen molar-refractivity contribution in [3.05, 3.63) is 36.2 Å². The van der Waals surface area contributed by atoms with Crippen molar-refractivity contribution < 1.29 is 59.6 Å². The number of ether oxygens (including phenoxy) is 2. The van der Waals surface area contributed by atoms with E-state index >= 15 is 0 Å². The topological polar surface area (TPSA) is 153 Å². The van der Waals surface area contributed by atoms with Gasteiger partial charge in [-0.15, -0.1) is 0 Å². The average Bonchev–Trinajstić information content (AvgIpc) is 3.16. The number of carbonyl (C=O) groups is 5. The molecule has 152 valence electrons. The molecule has 2 N–H and O–H groups in total. The van der Waals surface area contributed by atoms with Gasteiger partial charge in [-0.2, -0.15) is 0 Å². The molecule has 0 bridgehead atoms. The maximum absolute atomic E-state index is 11.2. The number of amides is 5. The van der Waals surface area contributed by atoms with E-state index in [4.69, 9.17) is 14.6 Å². The number of hydrogen-bond acceptors (Lipinski definition) is 8. The van der Waals surface area contributed by atoms with E-state index in [-0.39, 0.29) is 47.4 Å².